The molecule has 3 rings (SSSR count). The highest BCUT2D eigenvalue weighted by atomic mass is 19.1. The number of carbonyl (C=O) groups is 1. The minimum absolute atomic E-state index is 0.0917. The van der Waals surface area contributed by atoms with Crippen molar-refractivity contribution in [3.05, 3.63) is 47.5 Å². The molecular weight excluding hydrogens is 331 g/mol. The molecular formula is C20H27FN4O. The van der Waals surface area contributed by atoms with Crippen molar-refractivity contribution in [2.45, 2.75) is 45.6 Å². The summed E-state index contributed by atoms with van der Waals surface area (Å²) in [4.78, 5) is 15.1. The molecule has 2 aromatic rings. The van der Waals surface area contributed by atoms with Crippen molar-refractivity contribution in [3.63, 3.8) is 0 Å². The number of nitrogens with zero attached hydrogens (tertiary/aromatic N) is 3. The van der Waals surface area contributed by atoms with Crippen LogP contribution in [0.4, 0.5) is 4.39 Å². The van der Waals surface area contributed by atoms with Crippen molar-refractivity contribution in [2.24, 2.45) is 0 Å². The average Bonchev–Trinajstić information content (AvgIpc) is 3.02. The van der Waals surface area contributed by atoms with E-state index in [1.165, 1.54) is 36.2 Å². The maximum Gasteiger partial charge on any atom is 0.254 e. The van der Waals surface area contributed by atoms with Crippen molar-refractivity contribution in [3.8, 4) is 5.69 Å². The molecule has 0 bridgehead atoms. The first-order valence-electron chi connectivity index (χ1n) is 9.23. The fourth-order valence-corrected chi connectivity index (χ4v) is 3.50. The van der Waals surface area contributed by atoms with E-state index in [2.05, 4.69) is 29.2 Å². The molecule has 1 amide bonds. The van der Waals surface area contributed by atoms with E-state index in [-0.39, 0.29) is 17.3 Å². The first kappa shape index (κ1) is 18.6. The van der Waals surface area contributed by atoms with Crippen molar-refractivity contribution in [1.82, 2.24) is 20.0 Å². The summed E-state index contributed by atoms with van der Waals surface area (Å²) < 4.78 is 15.5. The highest BCUT2D eigenvalue weighted by Crippen LogP contribution is 2.21. The van der Waals surface area contributed by atoms with E-state index in [1.807, 2.05) is 0 Å². The van der Waals surface area contributed by atoms with Gasteiger partial charge in [0, 0.05) is 12.1 Å². The molecule has 0 unspecified atom stereocenters. The van der Waals surface area contributed by atoms with Crippen LogP contribution in [0.5, 0.6) is 0 Å². The van der Waals surface area contributed by atoms with Crippen molar-refractivity contribution in [2.75, 3.05) is 19.6 Å². The number of nitrogens with one attached hydrogen (secondary N) is 1. The van der Waals surface area contributed by atoms with Crippen LogP contribution in [0.15, 0.2) is 30.5 Å². The topological polar surface area (TPSA) is 50.2 Å². The van der Waals surface area contributed by atoms with Crippen LogP contribution in [0.3, 0.4) is 0 Å². The van der Waals surface area contributed by atoms with Gasteiger partial charge in [0.1, 0.15) is 11.5 Å². The number of aromatic nitrogens is 2. The number of halogens is 1. The molecule has 1 N–H and O–H groups in total. The molecule has 1 aliphatic rings. The van der Waals surface area contributed by atoms with Gasteiger partial charge in [-0.2, -0.15) is 5.10 Å². The zero-order valence-corrected chi connectivity index (χ0v) is 15.8. The Bertz CT molecular complexity index is 778. The van der Waals surface area contributed by atoms with Gasteiger partial charge < -0.3 is 5.32 Å². The lowest BCUT2D eigenvalue weighted by atomic mass is 9.98. The van der Waals surface area contributed by atoms with Gasteiger partial charge in [-0.05, 0) is 58.8 Å². The normalized spacial score (nSPS) is 15.8. The zero-order chi connectivity index (χ0) is 18.7. The summed E-state index contributed by atoms with van der Waals surface area (Å²) in [5.41, 5.74) is 1.36. The number of rotatable bonds is 5. The van der Waals surface area contributed by atoms with E-state index in [0.717, 1.165) is 13.1 Å². The Morgan fingerprint density at radius 2 is 1.92 bits per heavy atom. The van der Waals surface area contributed by atoms with Crippen LogP contribution in [0.1, 0.15) is 49.2 Å². The summed E-state index contributed by atoms with van der Waals surface area (Å²) in [7, 11) is 0. The van der Waals surface area contributed by atoms with Crippen molar-refractivity contribution >= 4 is 5.91 Å². The fraction of sp³-hybridized carbons (Fsp3) is 0.500. The molecule has 1 aliphatic heterocycles. The molecule has 0 spiro atoms. The number of carbonyl (C=O) groups excluding carboxylic acids is 1. The Hall–Kier alpha value is -2.21. The number of amides is 1. The van der Waals surface area contributed by atoms with E-state index in [9.17, 15) is 9.18 Å². The van der Waals surface area contributed by atoms with Crippen LogP contribution in [-0.2, 0) is 0 Å². The van der Waals surface area contributed by atoms with Crippen LogP contribution >= 0.6 is 0 Å². The monoisotopic (exact) mass is 358 g/mol. The molecule has 0 saturated carbocycles. The third-order valence-electron chi connectivity index (χ3n) is 5.23. The summed E-state index contributed by atoms with van der Waals surface area (Å²) in [5, 5.41) is 7.24. The SMILES string of the molecule is Cc1c(C(=O)NCC(C)(C)N2CCCCC2)cnn1-c1ccccc1F. The Morgan fingerprint density at radius 1 is 1.23 bits per heavy atom. The summed E-state index contributed by atoms with van der Waals surface area (Å²) in [5.74, 6) is -0.535. The largest absolute Gasteiger partial charge is 0.350 e. The Balaban J connectivity index is 1.70. The minimum atomic E-state index is -0.364. The van der Waals surface area contributed by atoms with Crippen LogP contribution in [-0.4, -0.2) is 45.8 Å². The zero-order valence-electron chi connectivity index (χ0n) is 15.8. The molecule has 1 aromatic heterocycles. The van der Waals surface area contributed by atoms with Crippen molar-refractivity contribution in [1.29, 1.82) is 0 Å². The van der Waals surface area contributed by atoms with Gasteiger partial charge in [0.25, 0.3) is 5.91 Å². The van der Waals surface area contributed by atoms with Crippen LogP contribution in [0, 0.1) is 12.7 Å². The van der Waals surface area contributed by atoms with Crippen LogP contribution < -0.4 is 5.32 Å². The summed E-state index contributed by atoms with van der Waals surface area (Å²) >= 11 is 0. The lowest BCUT2D eigenvalue weighted by Crippen LogP contribution is -2.53. The third-order valence-corrected chi connectivity index (χ3v) is 5.23. The summed E-state index contributed by atoms with van der Waals surface area (Å²) in [6, 6.07) is 6.42. The third kappa shape index (κ3) is 3.80. The van der Waals surface area contributed by atoms with Gasteiger partial charge in [0.15, 0.2) is 0 Å². The molecule has 140 valence electrons. The second-order valence-electron chi connectivity index (χ2n) is 7.55. The molecule has 1 aromatic carbocycles. The molecule has 0 radical (unpaired) electrons. The summed E-state index contributed by atoms with van der Waals surface area (Å²) in [6.07, 6.45) is 5.22. The maximum atomic E-state index is 14.0. The van der Waals surface area contributed by atoms with E-state index in [0.29, 0.717) is 23.5 Å². The maximum absolute atomic E-state index is 14.0. The van der Waals surface area contributed by atoms with Gasteiger partial charge in [0.2, 0.25) is 0 Å². The second-order valence-corrected chi connectivity index (χ2v) is 7.55. The average molecular weight is 358 g/mol. The first-order valence-corrected chi connectivity index (χ1v) is 9.23. The Morgan fingerprint density at radius 3 is 2.62 bits per heavy atom. The standard InChI is InChI=1S/C20H27FN4O/c1-15-16(13-23-25(15)18-10-6-5-9-17(18)21)19(26)22-14-20(2,3)24-11-7-4-8-12-24/h5-6,9-10,13H,4,7-8,11-12,14H2,1-3H3,(H,22,26). The highest BCUT2D eigenvalue weighted by Gasteiger charge is 2.28. The van der Waals surface area contributed by atoms with E-state index < -0.39 is 0 Å². The van der Waals surface area contributed by atoms with Gasteiger partial charge in [-0.1, -0.05) is 18.6 Å². The molecule has 6 heteroatoms. The summed E-state index contributed by atoms with van der Waals surface area (Å²) in [6.45, 7) is 8.82. The van der Waals surface area contributed by atoms with E-state index in [4.69, 9.17) is 0 Å². The second kappa shape index (κ2) is 7.58. The smallest absolute Gasteiger partial charge is 0.254 e. The van der Waals surface area contributed by atoms with Gasteiger partial charge >= 0.3 is 0 Å². The number of likely N-dealkylation sites (tertiary alicyclic amines) is 1. The number of hydrogen-bond donors (Lipinski definition) is 1. The van der Waals surface area contributed by atoms with Gasteiger partial charge in [0.05, 0.1) is 17.5 Å². The number of piperidine rings is 1. The fourth-order valence-electron chi connectivity index (χ4n) is 3.50. The van der Waals surface area contributed by atoms with Gasteiger partial charge in [-0.15, -0.1) is 0 Å². The number of para-hydroxylation sites is 1. The van der Waals surface area contributed by atoms with Crippen molar-refractivity contribution < 1.29 is 9.18 Å². The Labute approximate surface area is 154 Å². The predicted molar refractivity (Wildman–Crippen MR) is 100 cm³/mol. The minimum Gasteiger partial charge on any atom is -0.350 e. The van der Waals surface area contributed by atoms with Crippen LogP contribution in [0.2, 0.25) is 0 Å². The predicted octanol–water partition coefficient (Wildman–Crippen LogP) is 3.31. The Kier molecular flexibility index (Phi) is 5.41. The quantitative estimate of drug-likeness (QED) is 0.892. The number of hydrogen-bond acceptors (Lipinski definition) is 3. The molecule has 5 nitrogen and oxygen atoms in total. The molecule has 1 fully saturated rings. The van der Waals surface area contributed by atoms with E-state index in [1.54, 1.807) is 25.1 Å². The molecule has 2 heterocycles. The molecule has 26 heavy (non-hydrogen) atoms. The molecule has 0 atom stereocenters. The van der Waals surface area contributed by atoms with Gasteiger partial charge in [-0.3, -0.25) is 9.69 Å². The molecule has 0 aliphatic carbocycles. The lowest BCUT2D eigenvalue weighted by Gasteiger charge is -2.41. The lowest BCUT2D eigenvalue weighted by molar-refractivity contribution is 0.0797. The first-order chi connectivity index (χ1) is 12.4. The molecule has 1 saturated heterocycles. The van der Waals surface area contributed by atoms with Gasteiger partial charge in [-0.25, -0.2) is 9.07 Å². The van der Waals surface area contributed by atoms with Crippen LogP contribution in [0.25, 0.3) is 5.69 Å². The number of benzene rings is 1. The van der Waals surface area contributed by atoms with E-state index >= 15 is 0 Å². The highest BCUT2D eigenvalue weighted by molar-refractivity contribution is 5.95.